The van der Waals surface area contributed by atoms with Crippen LogP contribution < -0.4 is 4.74 Å². The predicted molar refractivity (Wildman–Crippen MR) is 293 cm³/mol. The number of rotatable bonds is 23. The number of esters is 4. The highest BCUT2D eigenvalue weighted by molar-refractivity contribution is 5.90. The number of aliphatic hydroxyl groups excluding tert-OH is 10. The number of hydrogen-bond acceptors (Lipinski definition) is 29. The number of ether oxygens (including phenoxy) is 12. The first-order valence-electron chi connectivity index (χ1n) is 27.2. The highest BCUT2D eigenvalue weighted by Gasteiger charge is 2.64. The van der Waals surface area contributed by atoms with Crippen LogP contribution in [0.1, 0.15) is 27.0 Å². The van der Waals surface area contributed by atoms with E-state index in [1.807, 2.05) is 0 Å². The maximum atomic E-state index is 14.1. The minimum Gasteiger partial charge on any atom is -0.508 e. The van der Waals surface area contributed by atoms with Gasteiger partial charge in [0.1, 0.15) is 104 Å². The van der Waals surface area contributed by atoms with E-state index in [2.05, 4.69) is 0 Å². The molecule has 19 atom stereocenters. The first-order chi connectivity index (χ1) is 42.1. The molecule has 0 spiro atoms. The van der Waals surface area contributed by atoms with Crippen molar-refractivity contribution in [2.24, 2.45) is 0 Å². The largest absolute Gasteiger partial charge is 0.508 e. The van der Waals surface area contributed by atoms with Crippen LogP contribution in [0.25, 0.3) is 18.2 Å². The number of benzene rings is 4. The second-order valence-corrected chi connectivity index (χ2v) is 20.3. The molecule has 0 unspecified atom stereocenters. The Morgan fingerprint density at radius 2 is 1.02 bits per heavy atom. The minimum atomic E-state index is -2.92. The van der Waals surface area contributed by atoms with Gasteiger partial charge in [-0.3, -0.25) is 0 Å². The highest BCUT2D eigenvalue weighted by atomic mass is 16.8. The molecule has 0 saturated carbocycles. The highest BCUT2D eigenvalue weighted by Crippen LogP contribution is 2.42. The van der Waals surface area contributed by atoms with Crippen LogP contribution in [-0.4, -0.2) is 247 Å². The summed E-state index contributed by atoms with van der Waals surface area (Å²) in [5.41, 5.74) is 0.992. The summed E-state index contributed by atoms with van der Waals surface area (Å²) in [4.78, 5) is 54.7. The second-order valence-electron chi connectivity index (χ2n) is 20.3. The quantitative estimate of drug-likeness (QED) is 0.0218. The molecule has 4 aromatic carbocycles. The number of carbonyl (C=O) groups excluding carboxylic acids is 4. The van der Waals surface area contributed by atoms with Crippen LogP contribution >= 0.6 is 0 Å². The van der Waals surface area contributed by atoms with Gasteiger partial charge >= 0.3 is 23.9 Å². The van der Waals surface area contributed by atoms with E-state index in [-0.39, 0.29) is 34.1 Å². The number of hydrogen-bond donors (Lipinski definition) is 13. The van der Waals surface area contributed by atoms with Crippen LogP contribution in [0.4, 0.5) is 0 Å². The number of aromatic hydroxyl groups is 3. The fourth-order valence-corrected chi connectivity index (χ4v) is 9.64. The molecule has 0 radical (unpaired) electrons. The van der Waals surface area contributed by atoms with E-state index < -0.39 is 173 Å². The summed E-state index contributed by atoms with van der Waals surface area (Å²) in [6.07, 6.45) is -31.7. The van der Waals surface area contributed by atoms with Gasteiger partial charge in [-0.05, 0) is 83.4 Å². The van der Waals surface area contributed by atoms with E-state index in [9.17, 15) is 85.6 Å². The fraction of sp³-hybridized carbons (Fsp3) is 0.424. The van der Waals surface area contributed by atoms with E-state index in [0.717, 1.165) is 18.2 Å². The molecule has 8 rings (SSSR count). The molecule has 476 valence electrons. The van der Waals surface area contributed by atoms with E-state index in [1.54, 1.807) is 6.07 Å². The summed E-state index contributed by atoms with van der Waals surface area (Å²) in [6, 6.07) is 22.3. The SMILES string of the molecule is COc1cc(/C=C/C(=O)O[C@H]2[C@H](O[C@@H]3O[C@H](COC(=O)/C=C/c4ccc(O)cc4)[C@@H](O)[C@H](O)[C@H]3O)[C@@H](O[C@@H]3O[C@H](CO)[C@@H](O)[C@H](O)[C@H]3O)[C@@H](O[C@]3(COC(=O)/C=C/c4ccc(O)cc4)O[C@H](CO)[C@@H](O)[C@@H]3OC(=O)c3ccccc3)O[C@@H]2CO)ccc1O. The van der Waals surface area contributed by atoms with Gasteiger partial charge in [0, 0.05) is 18.2 Å². The molecule has 0 aromatic heterocycles. The van der Waals surface area contributed by atoms with Crippen molar-refractivity contribution in [2.45, 2.75) is 116 Å². The van der Waals surface area contributed by atoms with Gasteiger partial charge in [-0.1, -0.05) is 48.5 Å². The van der Waals surface area contributed by atoms with E-state index >= 15 is 0 Å². The van der Waals surface area contributed by atoms with Crippen molar-refractivity contribution in [2.75, 3.05) is 40.1 Å². The smallest absolute Gasteiger partial charge is 0.338 e. The number of carbonyl (C=O) groups is 4. The molecule has 29 heteroatoms. The third-order valence-electron chi connectivity index (χ3n) is 14.4. The van der Waals surface area contributed by atoms with Crippen LogP contribution in [-0.2, 0) is 66.5 Å². The van der Waals surface area contributed by atoms with Crippen molar-refractivity contribution >= 4 is 42.1 Å². The molecule has 88 heavy (non-hydrogen) atoms. The molecule has 4 heterocycles. The molecule has 29 nitrogen and oxygen atoms in total. The summed E-state index contributed by atoms with van der Waals surface area (Å²) in [5.74, 6) is -7.92. The van der Waals surface area contributed by atoms with Crippen molar-refractivity contribution in [1.29, 1.82) is 0 Å². The molecular formula is C59H66O29. The second kappa shape index (κ2) is 30.1. The Kier molecular flexibility index (Phi) is 22.8. The van der Waals surface area contributed by atoms with Crippen molar-refractivity contribution < 1.29 is 142 Å². The lowest BCUT2D eigenvalue weighted by atomic mass is 9.95. The molecule has 4 aromatic rings. The number of methoxy groups -OCH3 is 1. The van der Waals surface area contributed by atoms with Crippen molar-refractivity contribution in [3.8, 4) is 23.0 Å². The number of phenols is 3. The number of aliphatic hydroxyl groups is 10. The third kappa shape index (κ3) is 16.0. The van der Waals surface area contributed by atoms with Crippen molar-refractivity contribution in [3.63, 3.8) is 0 Å². The van der Waals surface area contributed by atoms with Gasteiger partial charge in [0.05, 0.1) is 32.5 Å². The number of phenolic OH excluding ortho intramolecular Hbond substituents is 3. The average molecular weight is 1240 g/mol. The Hall–Kier alpha value is -7.50. The van der Waals surface area contributed by atoms with Gasteiger partial charge in [0.15, 0.2) is 42.6 Å². The van der Waals surface area contributed by atoms with Crippen molar-refractivity contribution in [3.05, 3.63) is 138 Å². The molecule has 4 aliphatic heterocycles. The Morgan fingerprint density at radius 3 is 1.60 bits per heavy atom. The zero-order valence-electron chi connectivity index (χ0n) is 46.5. The van der Waals surface area contributed by atoms with Crippen LogP contribution in [0, 0.1) is 0 Å². The summed E-state index contributed by atoms with van der Waals surface area (Å²) in [7, 11) is 1.27. The van der Waals surface area contributed by atoms with Gasteiger partial charge in [-0.15, -0.1) is 0 Å². The van der Waals surface area contributed by atoms with Gasteiger partial charge in [-0.25, -0.2) is 19.2 Å². The zero-order chi connectivity index (χ0) is 63.4. The summed E-state index contributed by atoms with van der Waals surface area (Å²) >= 11 is 0. The fourth-order valence-electron chi connectivity index (χ4n) is 9.64. The Morgan fingerprint density at radius 1 is 0.511 bits per heavy atom. The van der Waals surface area contributed by atoms with Gasteiger partial charge in [0.2, 0.25) is 5.79 Å². The lowest BCUT2D eigenvalue weighted by molar-refractivity contribution is -0.421. The van der Waals surface area contributed by atoms with E-state index in [1.165, 1.54) is 116 Å². The van der Waals surface area contributed by atoms with Crippen LogP contribution in [0.5, 0.6) is 23.0 Å². The van der Waals surface area contributed by atoms with Gasteiger partial charge < -0.3 is 123 Å². The molecule has 0 aliphatic carbocycles. The van der Waals surface area contributed by atoms with E-state index in [4.69, 9.17) is 56.8 Å². The zero-order valence-corrected chi connectivity index (χ0v) is 46.5. The van der Waals surface area contributed by atoms with Crippen molar-refractivity contribution in [1.82, 2.24) is 0 Å². The lowest BCUT2D eigenvalue weighted by Gasteiger charge is -2.50. The molecule has 4 fully saturated rings. The van der Waals surface area contributed by atoms with Crippen LogP contribution in [0.3, 0.4) is 0 Å². The first-order valence-corrected chi connectivity index (χ1v) is 27.2. The average Bonchev–Trinajstić information content (AvgIpc) is 1.83. The molecule has 0 amide bonds. The summed E-state index contributed by atoms with van der Waals surface area (Å²) < 4.78 is 71.3. The predicted octanol–water partition coefficient (Wildman–Crippen LogP) is -1.96. The van der Waals surface area contributed by atoms with E-state index in [0.29, 0.717) is 11.1 Å². The topological polar surface area (TPSA) is 442 Å². The molecular weight excluding hydrogens is 1170 g/mol. The molecule has 4 saturated heterocycles. The van der Waals surface area contributed by atoms with Crippen LogP contribution in [0.15, 0.2) is 115 Å². The molecule has 13 N–H and O–H groups in total. The van der Waals surface area contributed by atoms with Gasteiger partial charge in [-0.2, -0.15) is 0 Å². The van der Waals surface area contributed by atoms with Gasteiger partial charge in [0.25, 0.3) is 0 Å². The normalized spacial score (nSPS) is 32.4. The summed E-state index contributed by atoms with van der Waals surface area (Å²) in [5, 5.41) is 141. The first kappa shape index (κ1) is 66.5. The lowest BCUT2D eigenvalue weighted by Crippen LogP contribution is -2.69. The Bertz CT molecular complexity index is 3050. The third-order valence-corrected chi connectivity index (χ3v) is 14.4. The standard InChI is InChI=1S/C59H66O29/c1-77-36-23-31(11-19-35(36)65)14-22-43(68)83-51-39(26-62)81-58(88-59(28-79-42(67)21-13-30-9-17-34(64)18-10-30)54(46(71)38(25-61)87-59)86-55(76)32-5-3-2-4-6-32)53(85-56-49(74)47(72)44(69)37(24-60)80-56)52(51)84-57-50(75)48(73)45(70)40(82-57)27-78-41(66)20-12-29-7-15-33(63)16-8-29/h2-23,37-40,44-54,56-58,60-65,69-75H,24-28H2,1H3/b20-12+,21-13+,22-14+/t37-,38-,39-,40-,44-,45-,46-,47+,48+,49-,50-,51-,52+,53-,54+,56+,57+,58-,59+/m1/s1. The minimum absolute atomic E-state index is 0.000388. The summed E-state index contributed by atoms with van der Waals surface area (Å²) in [6.45, 7) is -5.37. The maximum Gasteiger partial charge on any atom is 0.338 e. The molecule has 4 aliphatic rings. The Balaban J connectivity index is 1.22. The monoisotopic (exact) mass is 1240 g/mol. The van der Waals surface area contributed by atoms with Crippen LogP contribution in [0.2, 0.25) is 0 Å². The Labute approximate surface area is 500 Å². The molecule has 0 bridgehead atoms. The maximum absolute atomic E-state index is 14.1.